The zero-order valence-corrected chi connectivity index (χ0v) is 21.2. The van der Waals surface area contributed by atoms with Gasteiger partial charge in [-0.25, -0.2) is 4.79 Å². The van der Waals surface area contributed by atoms with Crippen LogP contribution in [0.2, 0.25) is 0 Å². The molecule has 0 radical (unpaired) electrons. The number of hydrogen-bond acceptors (Lipinski definition) is 4. The maximum atomic E-state index is 12.4. The summed E-state index contributed by atoms with van der Waals surface area (Å²) in [6.45, 7) is 3.84. The molecule has 0 spiro atoms. The van der Waals surface area contributed by atoms with E-state index < -0.39 is 5.97 Å². The summed E-state index contributed by atoms with van der Waals surface area (Å²) >= 11 is 7.16. The van der Waals surface area contributed by atoms with Gasteiger partial charge in [0.05, 0.1) is 14.9 Å². The van der Waals surface area contributed by atoms with Crippen LogP contribution < -0.4 is 14.8 Å². The molecule has 168 valence electrons. The second-order valence-electron chi connectivity index (χ2n) is 7.56. The molecule has 0 fully saturated rings. The maximum Gasteiger partial charge on any atom is 0.336 e. The number of ether oxygens (including phenoxy) is 2. The largest absolute Gasteiger partial charge is 0.455 e. The van der Waals surface area contributed by atoms with Crippen LogP contribution in [-0.2, 0) is 16.0 Å². The number of halogens is 2. The minimum Gasteiger partial charge on any atom is -0.455 e. The second-order valence-corrected chi connectivity index (χ2v) is 9.21. The van der Waals surface area contributed by atoms with Gasteiger partial charge in [-0.2, -0.15) is 0 Å². The van der Waals surface area contributed by atoms with E-state index in [1.54, 1.807) is 12.1 Å². The van der Waals surface area contributed by atoms with E-state index in [4.69, 9.17) is 9.47 Å². The summed E-state index contributed by atoms with van der Waals surface area (Å²) in [5, 5.41) is 2.86. The summed E-state index contributed by atoms with van der Waals surface area (Å²) < 4.78 is 13.1. The van der Waals surface area contributed by atoms with E-state index in [1.807, 2.05) is 62.4 Å². The monoisotopic (exact) mass is 569 g/mol. The number of nitrogens with one attached hydrogen (secondary N) is 1. The topological polar surface area (TPSA) is 64.6 Å². The zero-order chi connectivity index (χ0) is 23.5. The Bertz CT molecular complexity index is 1250. The summed E-state index contributed by atoms with van der Waals surface area (Å²) in [5.41, 5.74) is 3.42. The van der Waals surface area contributed by atoms with Crippen molar-refractivity contribution in [3.05, 3.63) is 86.3 Å². The Balaban J connectivity index is 1.57. The minimum absolute atomic E-state index is 0.0229. The average molecular weight is 571 g/mol. The first-order valence-corrected chi connectivity index (χ1v) is 12.0. The number of anilines is 1. The van der Waals surface area contributed by atoms with E-state index in [1.165, 1.54) is 6.08 Å². The number of benzene rings is 3. The molecule has 1 heterocycles. The third-order valence-corrected chi connectivity index (χ3v) is 6.80. The Kier molecular flexibility index (Phi) is 7.00. The van der Waals surface area contributed by atoms with Crippen molar-refractivity contribution in [2.45, 2.75) is 26.2 Å². The molecule has 1 aliphatic heterocycles. The second kappa shape index (κ2) is 9.93. The van der Waals surface area contributed by atoms with Gasteiger partial charge in [0.2, 0.25) is 5.91 Å². The number of amides is 1. The molecular weight excluding hydrogens is 550 g/mol. The predicted octanol–water partition coefficient (Wildman–Crippen LogP) is 7.24. The molecule has 0 saturated carbocycles. The summed E-state index contributed by atoms with van der Waals surface area (Å²) in [7, 11) is 0. The van der Waals surface area contributed by atoms with Crippen molar-refractivity contribution in [3.63, 3.8) is 0 Å². The van der Waals surface area contributed by atoms with Crippen LogP contribution in [0.4, 0.5) is 5.69 Å². The van der Waals surface area contributed by atoms with Gasteiger partial charge in [-0.15, -0.1) is 0 Å². The van der Waals surface area contributed by atoms with E-state index in [-0.39, 0.29) is 11.8 Å². The molecule has 33 heavy (non-hydrogen) atoms. The quantitative estimate of drug-likeness (QED) is 0.193. The lowest BCUT2D eigenvalue weighted by Crippen LogP contribution is -2.08. The molecule has 0 aromatic heterocycles. The van der Waals surface area contributed by atoms with Gasteiger partial charge in [0.25, 0.3) is 0 Å². The van der Waals surface area contributed by atoms with E-state index in [9.17, 15) is 9.59 Å². The SMILES string of the molecule is CCc1c(OC(=O)C=Cc2ccccc2)cc(Br)c(Oc2ccc3c(c2)C(C)C(=O)N3)c1Br. The molecule has 5 nitrogen and oxygen atoms in total. The molecule has 1 unspecified atom stereocenters. The number of esters is 1. The third-order valence-electron chi connectivity index (χ3n) is 5.37. The lowest BCUT2D eigenvalue weighted by Gasteiger charge is -2.17. The van der Waals surface area contributed by atoms with Crippen LogP contribution >= 0.6 is 31.9 Å². The molecule has 1 atom stereocenters. The summed E-state index contributed by atoms with van der Waals surface area (Å²) in [5.74, 6) is 0.902. The van der Waals surface area contributed by atoms with Gasteiger partial charge >= 0.3 is 5.97 Å². The Hall–Kier alpha value is -2.90. The van der Waals surface area contributed by atoms with E-state index in [0.29, 0.717) is 32.6 Å². The van der Waals surface area contributed by atoms with Crippen LogP contribution in [0.3, 0.4) is 0 Å². The van der Waals surface area contributed by atoms with Gasteiger partial charge in [0, 0.05) is 17.3 Å². The highest BCUT2D eigenvalue weighted by atomic mass is 79.9. The molecular formula is C26H21Br2NO4. The first-order chi connectivity index (χ1) is 15.9. The smallest absolute Gasteiger partial charge is 0.336 e. The van der Waals surface area contributed by atoms with Crippen molar-refractivity contribution >= 4 is 55.5 Å². The fraction of sp³-hybridized carbons (Fsp3) is 0.154. The fourth-order valence-electron chi connectivity index (χ4n) is 3.58. The molecule has 1 aliphatic rings. The Morgan fingerprint density at radius 1 is 1.12 bits per heavy atom. The summed E-state index contributed by atoms with van der Waals surface area (Å²) in [4.78, 5) is 24.3. The lowest BCUT2D eigenvalue weighted by molar-refractivity contribution is -0.129. The highest BCUT2D eigenvalue weighted by Gasteiger charge is 2.27. The van der Waals surface area contributed by atoms with Gasteiger partial charge in [0.15, 0.2) is 5.75 Å². The first kappa shape index (κ1) is 23.3. The molecule has 4 rings (SSSR count). The Morgan fingerprint density at radius 2 is 1.88 bits per heavy atom. The van der Waals surface area contributed by atoms with Gasteiger partial charge in [-0.05, 0) is 86.7 Å². The lowest BCUT2D eigenvalue weighted by atomic mass is 10.0. The third kappa shape index (κ3) is 5.04. The number of carbonyl (C=O) groups excluding carboxylic acids is 2. The van der Waals surface area contributed by atoms with Crippen LogP contribution in [-0.4, -0.2) is 11.9 Å². The van der Waals surface area contributed by atoms with Crippen molar-refractivity contribution in [2.75, 3.05) is 5.32 Å². The number of carbonyl (C=O) groups is 2. The van der Waals surface area contributed by atoms with E-state index in [2.05, 4.69) is 37.2 Å². The van der Waals surface area contributed by atoms with Crippen molar-refractivity contribution in [3.8, 4) is 17.2 Å². The average Bonchev–Trinajstić information content (AvgIpc) is 3.09. The van der Waals surface area contributed by atoms with Gasteiger partial charge < -0.3 is 14.8 Å². The van der Waals surface area contributed by atoms with Crippen molar-refractivity contribution in [1.29, 1.82) is 0 Å². The number of rotatable bonds is 6. The maximum absolute atomic E-state index is 12.4. The molecule has 0 saturated heterocycles. The Morgan fingerprint density at radius 3 is 2.61 bits per heavy atom. The van der Waals surface area contributed by atoms with Crippen molar-refractivity contribution in [2.24, 2.45) is 0 Å². The standard InChI is InChI=1S/C26H21Br2NO4/c1-3-18-22(33-23(30)12-9-16-7-5-4-6-8-16)14-20(27)25(24(18)28)32-17-10-11-21-19(13-17)15(2)26(31)29-21/h4-15H,3H2,1-2H3,(H,29,31). The van der Waals surface area contributed by atoms with Crippen LogP contribution in [0, 0.1) is 0 Å². The highest BCUT2D eigenvalue weighted by molar-refractivity contribution is 9.11. The molecule has 3 aromatic carbocycles. The zero-order valence-electron chi connectivity index (χ0n) is 18.0. The molecule has 0 bridgehead atoms. The summed E-state index contributed by atoms with van der Waals surface area (Å²) in [6.07, 6.45) is 3.74. The molecule has 1 N–H and O–H groups in total. The van der Waals surface area contributed by atoms with Gasteiger partial charge in [0.1, 0.15) is 11.5 Å². The predicted molar refractivity (Wildman–Crippen MR) is 136 cm³/mol. The highest BCUT2D eigenvalue weighted by Crippen LogP contribution is 2.45. The molecule has 7 heteroatoms. The Labute approximate surface area is 209 Å². The summed E-state index contributed by atoms with van der Waals surface area (Å²) in [6, 6.07) is 16.8. The fourth-order valence-corrected chi connectivity index (χ4v) is 5.10. The van der Waals surface area contributed by atoms with Gasteiger partial charge in [-0.1, -0.05) is 37.3 Å². The van der Waals surface area contributed by atoms with Crippen molar-refractivity contribution in [1.82, 2.24) is 0 Å². The van der Waals surface area contributed by atoms with Crippen LogP contribution in [0.15, 0.2) is 69.6 Å². The van der Waals surface area contributed by atoms with E-state index >= 15 is 0 Å². The minimum atomic E-state index is -0.467. The first-order valence-electron chi connectivity index (χ1n) is 10.5. The molecule has 3 aromatic rings. The number of hydrogen-bond donors (Lipinski definition) is 1. The van der Waals surface area contributed by atoms with E-state index in [0.717, 1.165) is 22.4 Å². The molecule has 0 aliphatic carbocycles. The normalized spacial score (nSPS) is 14.8. The van der Waals surface area contributed by atoms with Crippen LogP contribution in [0.5, 0.6) is 17.2 Å². The number of fused-ring (bicyclic) bond motifs is 1. The van der Waals surface area contributed by atoms with Crippen LogP contribution in [0.1, 0.15) is 36.5 Å². The molecule has 1 amide bonds. The van der Waals surface area contributed by atoms with Crippen LogP contribution in [0.25, 0.3) is 6.08 Å². The van der Waals surface area contributed by atoms with Gasteiger partial charge in [-0.3, -0.25) is 4.79 Å². The van der Waals surface area contributed by atoms with Crippen molar-refractivity contribution < 1.29 is 19.1 Å².